The van der Waals surface area contributed by atoms with Gasteiger partial charge in [0.15, 0.2) is 0 Å². The van der Waals surface area contributed by atoms with E-state index in [1.54, 1.807) is 31.2 Å². The van der Waals surface area contributed by atoms with Crippen molar-refractivity contribution >= 4 is 39.1 Å². The van der Waals surface area contributed by atoms with E-state index in [1.807, 2.05) is 58.9 Å². The molecule has 3 aromatic rings. The van der Waals surface area contributed by atoms with Crippen LogP contribution in [0.4, 0.5) is 5.69 Å². The average molecular weight is 570 g/mol. The van der Waals surface area contributed by atoms with E-state index in [4.69, 9.17) is 11.6 Å². The highest BCUT2D eigenvalue weighted by Gasteiger charge is 2.32. The fourth-order valence-corrected chi connectivity index (χ4v) is 5.56. The van der Waals surface area contributed by atoms with E-state index in [9.17, 15) is 18.0 Å². The molecule has 0 fully saturated rings. The lowest BCUT2D eigenvalue weighted by Crippen LogP contribution is -2.52. The van der Waals surface area contributed by atoms with Gasteiger partial charge in [-0.2, -0.15) is 0 Å². The minimum absolute atomic E-state index is 0.0493. The first-order valence-corrected chi connectivity index (χ1v) is 14.6. The second-order valence-electron chi connectivity index (χ2n) is 10.1. The first-order valence-electron chi connectivity index (χ1n) is 12.8. The van der Waals surface area contributed by atoms with Crippen molar-refractivity contribution in [1.29, 1.82) is 0 Å². The Bertz CT molecular complexity index is 1420. The van der Waals surface area contributed by atoms with Crippen molar-refractivity contribution < 1.29 is 18.0 Å². The van der Waals surface area contributed by atoms with Gasteiger partial charge in [0.25, 0.3) is 10.0 Å². The Morgan fingerprint density at radius 1 is 0.872 bits per heavy atom. The summed E-state index contributed by atoms with van der Waals surface area (Å²) in [5, 5.41) is 3.23. The lowest BCUT2D eigenvalue weighted by molar-refractivity contribution is -0.139. The van der Waals surface area contributed by atoms with Crippen molar-refractivity contribution in [2.45, 2.75) is 65.1 Å². The van der Waals surface area contributed by atoms with E-state index in [0.717, 1.165) is 26.6 Å². The van der Waals surface area contributed by atoms with E-state index in [0.29, 0.717) is 5.02 Å². The molecule has 0 aliphatic heterocycles. The summed E-state index contributed by atoms with van der Waals surface area (Å²) < 4.78 is 28.8. The van der Waals surface area contributed by atoms with Crippen LogP contribution >= 0.6 is 11.6 Å². The van der Waals surface area contributed by atoms with Crippen molar-refractivity contribution in [3.05, 3.63) is 94.0 Å². The Hall–Kier alpha value is -3.36. The van der Waals surface area contributed by atoms with Crippen LogP contribution in [0.1, 0.15) is 43.0 Å². The van der Waals surface area contributed by atoms with Gasteiger partial charge in [0.2, 0.25) is 11.8 Å². The zero-order valence-electron chi connectivity index (χ0n) is 23.2. The van der Waals surface area contributed by atoms with Crippen molar-refractivity contribution in [2.75, 3.05) is 10.8 Å². The number of carbonyl (C=O) groups excluding carboxylic acids is 2. The van der Waals surface area contributed by atoms with Crippen LogP contribution < -0.4 is 9.62 Å². The third-order valence-corrected chi connectivity index (χ3v) is 8.60. The summed E-state index contributed by atoms with van der Waals surface area (Å²) in [6.45, 7) is 10.6. The zero-order valence-corrected chi connectivity index (χ0v) is 24.8. The SMILES string of the molecule is Cc1ccc(CN(C(=O)CN(c2ccc(C)c(Cl)c2)S(=O)(=O)c2ccc(C)cc2)C(C)C(=O)NC(C)C)cc1. The number of sulfonamides is 1. The molecule has 0 spiro atoms. The molecule has 1 atom stereocenters. The summed E-state index contributed by atoms with van der Waals surface area (Å²) in [7, 11) is -4.15. The van der Waals surface area contributed by atoms with Crippen molar-refractivity contribution in [3.8, 4) is 0 Å². The predicted molar refractivity (Wildman–Crippen MR) is 156 cm³/mol. The van der Waals surface area contributed by atoms with E-state index in [-0.39, 0.29) is 29.1 Å². The third kappa shape index (κ3) is 7.61. The van der Waals surface area contributed by atoms with Crippen LogP contribution in [-0.2, 0) is 26.2 Å². The second kappa shape index (κ2) is 12.7. The molecule has 3 rings (SSSR count). The van der Waals surface area contributed by atoms with Gasteiger partial charge in [-0.1, -0.05) is 65.2 Å². The molecule has 0 bridgehead atoms. The molecule has 0 heterocycles. The number of rotatable bonds is 10. The van der Waals surface area contributed by atoms with Gasteiger partial charge in [-0.25, -0.2) is 8.42 Å². The van der Waals surface area contributed by atoms with Crippen LogP contribution in [0.5, 0.6) is 0 Å². The Kier molecular flexibility index (Phi) is 9.80. The van der Waals surface area contributed by atoms with E-state index in [2.05, 4.69) is 5.32 Å². The van der Waals surface area contributed by atoms with Crippen LogP contribution in [0.3, 0.4) is 0 Å². The maximum atomic E-state index is 13.9. The first-order chi connectivity index (χ1) is 18.3. The van der Waals surface area contributed by atoms with Gasteiger partial charge in [-0.3, -0.25) is 13.9 Å². The number of nitrogens with zero attached hydrogens (tertiary/aromatic N) is 2. The molecule has 0 aliphatic carbocycles. The van der Waals surface area contributed by atoms with Gasteiger partial charge in [-0.05, 0) is 76.9 Å². The average Bonchev–Trinajstić information content (AvgIpc) is 2.88. The number of nitrogens with one attached hydrogen (secondary N) is 1. The van der Waals surface area contributed by atoms with Gasteiger partial charge in [0.1, 0.15) is 12.6 Å². The Labute approximate surface area is 236 Å². The molecule has 0 saturated carbocycles. The highest BCUT2D eigenvalue weighted by molar-refractivity contribution is 7.92. The number of hydrogen-bond donors (Lipinski definition) is 1. The fraction of sp³-hybridized carbons (Fsp3) is 0.333. The molecule has 0 radical (unpaired) electrons. The maximum absolute atomic E-state index is 13.9. The summed E-state index contributed by atoms with van der Waals surface area (Å²) in [6, 6.07) is 18.0. The van der Waals surface area contributed by atoms with Crippen molar-refractivity contribution in [2.24, 2.45) is 0 Å². The molecule has 2 amide bonds. The summed E-state index contributed by atoms with van der Waals surface area (Å²) >= 11 is 6.36. The number of amides is 2. The molecule has 39 heavy (non-hydrogen) atoms. The van der Waals surface area contributed by atoms with E-state index < -0.39 is 28.5 Å². The Morgan fingerprint density at radius 2 is 1.44 bits per heavy atom. The third-order valence-electron chi connectivity index (χ3n) is 6.40. The normalized spacial score (nSPS) is 12.2. The van der Waals surface area contributed by atoms with Gasteiger partial charge >= 0.3 is 0 Å². The first kappa shape index (κ1) is 30.2. The number of carbonyl (C=O) groups is 2. The van der Waals surface area contributed by atoms with Gasteiger partial charge in [-0.15, -0.1) is 0 Å². The van der Waals surface area contributed by atoms with Crippen LogP contribution in [0.25, 0.3) is 0 Å². The number of benzene rings is 3. The van der Waals surface area contributed by atoms with Crippen molar-refractivity contribution in [1.82, 2.24) is 10.2 Å². The van der Waals surface area contributed by atoms with Crippen LogP contribution in [0.2, 0.25) is 5.02 Å². The topological polar surface area (TPSA) is 86.8 Å². The summed E-state index contributed by atoms with van der Waals surface area (Å²) in [4.78, 5) is 28.4. The molecule has 3 aromatic carbocycles. The minimum Gasteiger partial charge on any atom is -0.352 e. The van der Waals surface area contributed by atoms with Gasteiger partial charge < -0.3 is 10.2 Å². The Morgan fingerprint density at radius 3 is 1.97 bits per heavy atom. The molecule has 0 saturated heterocycles. The molecule has 7 nitrogen and oxygen atoms in total. The standard InChI is InChI=1S/C30H36ClN3O4S/c1-20(2)32-30(36)24(6)33(18-25-12-7-21(3)8-13-25)29(35)19-34(26-14-11-23(5)28(31)17-26)39(37,38)27-15-9-22(4)10-16-27/h7-17,20,24H,18-19H2,1-6H3,(H,32,36). The fourth-order valence-electron chi connectivity index (χ4n) is 3.98. The second-order valence-corrected chi connectivity index (χ2v) is 12.4. The largest absolute Gasteiger partial charge is 0.352 e. The molecule has 9 heteroatoms. The Balaban J connectivity index is 2.05. The number of hydrogen-bond acceptors (Lipinski definition) is 4. The highest BCUT2D eigenvalue weighted by atomic mass is 35.5. The quantitative estimate of drug-likeness (QED) is 0.354. The number of halogens is 1. The minimum atomic E-state index is -4.15. The van der Waals surface area contributed by atoms with E-state index >= 15 is 0 Å². The van der Waals surface area contributed by atoms with Crippen LogP contribution in [0, 0.1) is 20.8 Å². The highest BCUT2D eigenvalue weighted by Crippen LogP contribution is 2.28. The molecule has 0 aliphatic rings. The molecular weight excluding hydrogens is 534 g/mol. The monoisotopic (exact) mass is 569 g/mol. The lowest BCUT2D eigenvalue weighted by Gasteiger charge is -2.32. The van der Waals surface area contributed by atoms with Gasteiger partial charge in [0.05, 0.1) is 10.6 Å². The summed E-state index contributed by atoms with van der Waals surface area (Å²) in [5.74, 6) is -0.842. The van der Waals surface area contributed by atoms with Crippen LogP contribution in [0.15, 0.2) is 71.6 Å². The smallest absolute Gasteiger partial charge is 0.264 e. The molecule has 208 valence electrons. The van der Waals surface area contributed by atoms with Crippen molar-refractivity contribution in [3.63, 3.8) is 0 Å². The number of anilines is 1. The van der Waals surface area contributed by atoms with Crippen LogP contribution in [-0.4, -0.2) is 43.8 Å². The van der Waals surface area contributed by atoms with Gasteiger partial charge in [0, 0.05) is 17.6 Å². The molecule has 1 unspecified atom stereocenters. The molecular formula is C30H36ClN3O4S. The molecule has 1 N–H and O–H groups in total. The lowest BCUT2D eigenvalue weighted by atomic mass is 10.1. The molecule has 0 aromatic heterocycles. The van der Waals surface area contributed by atoms with E-state index in [1.165, 1.54) is 23.1 Å². The summed E-state index contributed by atoms with van der Waals surface area (Å²) in [5.41, 5.74) is 3.83. The predicted octanol–water partition coefficient (Wildman–Crippen LogP) is 5.40. The zero-order chi connectivity index (χ0) is 28.9. The number of aryl methyl sites for hydroxylation is 3. The summed E-state index contributed by atoms with van der Waals surface area (Å²) in [6.07, 6.45) is 0. The maximum Gasteiger partial charge on any atom is 0.264 e.